The van der Waals surface area contributed by atoms with E-state index >= 15 is 0 Å². The van der Waals surface area contributed by atoms with Crippen molar-refractivity contribution in [1.29, 1.82) is 0 Å². The minimum absolute atomic E-state index is 0.443. The summed E-state index contributed by atoms with van der Waals surface area (Å²) in [6.07, 6.45) is 3.37. The lowest BCUT2D eigenvalue weighted by Crippen LogP contribution is -2.26. The van der Waals surface area contributed by atoms with Gasteiger partial charge in [-0.1, -0.05) is 18.2 Å². The van der Waals surface area contributed by atoms with Crippen molar-refractivity contribution < 1.29 is 9.47 Å². The molecule has 0 saturated heterocycles. The van der Waals surface area contributed by atoms with Gasteiger partial charge in [-0.2, -0.15) is 0 Å². The maximum absolute atomic E-state index is 6.06. The number of pyridine rings is 1. The highest BCUT2D eigenvalue weighted by Gasteiger charge is 2.22. The van der Waals surface area contributed by atoms with E-state index in [2.05, 4.69) is 38.1 Å². The van der Waals surface area contributed by atoms with Crippen LogP contribution in [0.1, 0.15) is 5.56 Å². The van der Waals surface area contributed by atoms with Gasteiger partial charge >= 0.3 is 0 Å². The fraction of sp³-hybridized carbons (Fsp3) is 0.174. The van der Waals surface area contributed by atoms with Crippen molar-refractivity contribution in [2.75, 3.05) is 30.9 Å². The van der Waals surface area contributed by atoms with Gasteiger partial charge in [-0.15, -0.1) is 0 Å². The van der Waals surface area contributed by atoms with Crippen molar-refractivity contribution >= 4 is 22.5 Å². The molecule has 0 radical (unpaired) electrons. The quantitative estimate of drug-likeness (QED) is 0.562. The van der Waals surface area contributed by atoms with Gasteiger partial charge in [0.15, 0.2) is 11.5 Å². The van der Waals surface area contributed by atoms with E-state index in [4.69, 9.17) is 15.2 Å². The number of rotatable bonds is 3. The highest BCUT2D eigenvalue weighted by atomic mass is 16.5. The number of fused-ring (bicyclic) bond motifs is 2. The van der Waals surface area contributed by atoms with E-state index in [9.17, 15) is 0 Å². The minimum Gasteiger partial charge on any atom is -0.493 e. The summed E-state index contributed by atoms with van der Waals surface area (Å²) in [5.74, 6) is 2.69. The summed E-state index contributed by atoms with van der Waals surface area (Å²) in [6, 6.07) is 16.1. The monoisotopic (exact) mass is 399 g/mol. The third-order valence-electron chi connectivity index (χ3n) is 5.24. The third kappa shape index (κ3) is 3.34. The molecule has 0 spiro atoms. The van der Waals surface area contributed by atoms with Crippen LogP contribution >= 0.6 is 0 Å². The van der Waals surface area contributed by atoms with E-state index in [1.54, 1.807) is 13.2 Å². The molecule has 0 aliphatic carbocycles. The number of ether oxygens (including phenoxy) is 2. The van der Waals surface area contributed by atoms with Crippen LogP contribution in [0, 0.1) is 0 Å². The van der Waals surface area contributed by atoms with Crippen LogP contribution in [0.25, 0.3) is 22.0 Å². The third-order valence-corrected chi connectivity index (χ3v) is 5.24. The number of nitrogens with zero attached hydrogens (tertiary/aromatic N) is 4. The largest absolute Gasteiger partial charge is 0.493 e. The molecule has 2 aromatic heterocycles. The van der Waals surface area contributed by atoms with Crippen molar-refractivity contribution in [3.63, 3.8) is 0 Å². The Kier molecular flexibility index (Phi) is 4.55. The molecule has 2 N–H and O–H groups in total. The number of nitrogens with two attached hydrogens (primary N) is 1. The SMILES string of the molecule is COc1cc(-c2cnc3ccccc3c2)cc2c1OCCN(c1cc(N)ncn1)C2. The van der Waals surface area contributed by atoms with E-state index in [-0.39, 0.29) is 0 Å². The zero-order chi connectivity index (χ0) is 20.5. The maximum atomic E-state index is 6.06. The summed E-state index contributed by atoms with van der Waals surface area (Å²) in [5.41, 5.74) is 9.90. The first kappa shape index (κ1) is 18.2. The molecule has 5 rings (SSSR count). The highest BCUT2D eigenvalue weighted by molar-refractivity contribution is 5.84. The predicted octanol–water partition coefficient (Wildman–Crippen LogP) is 3.68. The maximum Gasteiger partial charge on any atom is 0.166 e. The van der Waals surface area contributed by atoms with Gasteiger partial charge in [0.05, 0.1) is 19.2 Å². The summed E-state index contributed by atoms with van der Waals surface area (Å²) in [7, 11) is 1.66. The summed E-state index contributed by atoms with van der Waals surface area (Å²) in [6.45, 7) is 1.82. The fourth-order valence-electron chi connectivity index (χ4n) is 3.76. The smallest absolute Gasteiger partial charge is 0.166 e. The Hall–Kier alpha value is -3.87. The Morgan fingerprint density at radius 1 is 1.03 bits per heavy atom. The zero-order valence-electron chi connectivity index (χ0n) is 16.6. The number of para-hydroxylation sites is 1. The molecule has 150 valence electrons. The van der Waals surface area contributed by atoms with Crippen molar-refractivity contribution in [3.05, 3.63) is 66.6 Å². The Morgan fingerprint density at radius 3 is 2.80 bits per heavy atom. The van der Waals surface area contributed by atoms with Crippen LogP contribution in [-0.2, 0) is 6.54 Å². The van der Waals surface area contributed by atoms with E-state index in [1.165, 1.54) is 6.33 Å². The van der Waals surface area contributed by atoms with Crippen molar-refractivity contribution in [2.24, 2.45) is 0 Å². The molecule has 1 aliphatic heterocycles. The van der Waals surface area contributed by atoms with Crippen LogP contribution in [0.15, 0.2) is 61.1 Å². The first-order valence-corrected chi connectivity index (χ1v) is 9.72. The lowest BCUT2D eigenvalue weighted by atomic mass is 10.0. The van der Waals surface area contributed by atoms with Crippen LogP contribution in [0.3, 0.4) is 0 Å². The van der Waals surface area contributed by atoms with Crippen LogP contribution in [0.5, 0.6) is 11.5 Å². The molecule has 0 bridgehead atoms. The average molecular weight is 399 g/mol. The normalized spacial score (nSPS) is 13.4. The summed E-state index contributed by atoms with van der Waals surface area (Å²) in [5, 5.41) is 1.10. The Bertz CT molecular complexity index is 1230. The van der Waals surface area contributed by atoms with Gasteiger partial charge < -0.3 is 20.1 Å². The molecule has 7 nitrogen and oxygen atoms in total. The second-order valence-corrected chi connectivity index (χ2v) is 7.15. The van der Waals surface area contributed by atoms with Gasteiger partial charge in [0.1, 0.15) is 24.6 Å². The topological polar surface area (TPSA) is 86.4 Å². The molecule has 4 aromatic rings. The van der Waals surface area contributed by atoms with Gasteiger partial charge in [0, 0.05) is 35.3 Å². The summed E-state index contributed by atoms with van der Waals surface area (Å²) < 4.78 is 11.7. The van der Waals surface area contributed by atoms with Crippen molar-refractivity contribution in [1.82, 2.24) is 15.0 Å². The first-order valence-electron chi connectivity index (χ1n) is 9.72. The lowest BCUT2D eigenvalue weighted by Gasteiger charge is -2.21. The van der Waals surface area contributed by atoms with E-state index < -0.39 is 0 Å². The zero-order valence-corrected chi connectivity index (χ0v) is 16.6. The number of hydrogen-bond donors (Lipinski definition) is 1. The van der Waals surface area contributed by atoms with Gasteiger partial charge in [0.25, 0.3) is 0 Å². The molecule has 0 amide bonds. The number of methoxy groups -OCH3 is 1. The number of anilines is 2. The number of nitrogen functional groups attached to an aromatic ring is 1. The number of aromatic nitrogens is 3. The molecule has 30 heavy (non-hydrogen) atoms. The Balaban J connectivity index is 1.58. The van der Waals surface area contributed by atoms with Gasteiger partial charge in [-0.3, -0.25) is 4.98 Å². The molecule has 0 saturated carbocycles. The molecular formula is C23H21N5O2. The van der Waals surface area contributed by atoms with Gasteiger partial charge in [-0.25, -0.2) is 9.97 Å². The van der Waals surface area contributed by atoms with E-state index in [0.29, 0.717) is 31.3 Å². The average Bonchev–Trinajstić information content (AvgIpc) is 3.00. The first-order chi connectivity index (χ1) is 14.7. The molecule has 0 fully saturated rings. The van der Waals surface area contributed by atoms with Crippen LogP contribution in [0.4, 0.5) is 11.6 Å². The van der Waals surface area contributed by atoms with Gasteiger partial charge in [0.2, 0.25) is 0 Å². The summed E-state index contributed by atoms with van der Waals surface area (Å²) in [4.78, 5) is 15.1. The summed E-state index contributed by atoms with van der Waals surface area (Å²) >= 11 is 0. The standard InChI is InChI=1S/C23H21N5O2/c1-29-20-10-16(17-8-15-4-2-3-5-19(15)25-12-17)9-18-13-28(6-7-30-23(18)20)22-11-21(24)26-14-27-22/h2-5,8-12,14H,6-7,13H2,1H3,(H2,24,26,27). The second-order valence-electron chi connectivity index (χ2n) is 7.15. The van der Waals surface area contributed by atoms with Crippen molar-refractivity contribution in [3.8, 4) is 22.6 Å². The molecule has 1 aliphatic rings. The number of hydrogen-bond acceptors (Lipinski definition) is 7. The van der Waals surface area contributed by atoms with Crippen LogP contribution < -0.4 is 20.1 Å². The molecular weight excluding hydrogens is 378 g/mol. The highest BCUT2D eigenvalue weighted by Crippen LogP contribution is 2.39. The minimum atomic E-state index is 0.443. The van der Waals surface area contributed by atoms with Crippen molar-refractivity contribution in [2.45, 2.75) is 6.54 Å². The second kappa shape index (κ2) is 7.51. The Morgan fingerprint density at radius 2 is 1.93 bits per heavy atom. The lowest BCUT2D eigenvalue weighted by molar-refractivity contribution is 0.305. The molecule has 2 aromatic carbocycles. The van der Waals surface area contributed by atoms with E-state index in [1.807, 2.05) is 30.5 Å². The number of benzene rings is 2. The van der Waals surface area contributed by atoms with E-state index in [0.717, 1.165) is 39.2 Å². The Labute approximate surface area is 174 Å². The predicted molar refractivity (Wildman–Crippen MR) is 117 cm³/mol. The van der Waals surface area contributed by atoms with Crippen LogP contribution in [-0.4, -0.2) is 35.2 Å². The molecule has 7 heteroatoms. The fourth-order valence-corrected chi connectivity index (χ4v) is 3.76. The van der Waals surface area contributed by atoms with Gasteiger partial charge in [-0.05, 0) is 29.8 Å². The molecule has 3 heterocycles. The van der Waals surface area contributed by atoms with Crippen LogP contribution in [0.2, 0.25) is 0 Å². The molecule has 0 unspecified atom stereocenters. The molecule has 0 atom stereocenters.